The van der Waals surface area contributed by atoms with E-state index in [0.29, 0.717) is 0 Å². The number of halogens is 1. The summed E-state index contributed by atoms with van der Waals surface area (Å²) in [5, 5.41) is 8.73. The first-order chi connectivity index (χ1) is 32.6. The Labute approximate surface area is 419 Å². The van der Waals surface area contributed by atoms with Crippen molar-refractivity contribution in [2.75, 3.05) is 11.1 Å². The average Bonchev–Trinajstić information content (AvgIpc) is 3.83. The van der Waals surface area contributed by atoms with E-state index in [2.05, 4.69) is 259 Å². The smallest absolute Gasteiger partial charge is 0.0562 e. The van der Waals surface area contributed by atoms with Crippen LogP contribution in [0.2, 0.25) is 0 Å². The van der Waals surface area contributed by atoms with E-state index in [1.165, 1.54) is 77.2 Å². The van der Waals surface area contributed by atoms with E-state index in [1.54, 1.807) is 0 Å². The van der Waals surface area contributed by atoms with Crippen LogP contribution in [0.1, 0.15) is 105 Å². The molecule has 0 unspecified atom stereocenters. The van der Waals surface area contributed by atoms with Crippen LogP contribution in [0.5, 0.6) is 0 Å². The molecule has 69 heavy (non-hydrogen) atoms. The second-order valence-corrected chi connectivity index (χ2v) is 23.3. The molecule has 2 aromatic heterocycles. The van der Waals surface area contributed by atoms with Crippen LogP contribution in [0, 0.1) is 0 Å². The summed E-state index contributed by atoms with van der Waals surface area (Å²) in [4.78, 5) is 0. The molecular weight excluding hydrogens is 905 g/mol. The molecule has 0 saturated heterocycles. The van der Waals surface area contributed by atoms with Crippen LogP contribution in [0.15, 0.2) is 186 Å². The third kappa shape index (κ3) is 10.6. The van der Waals surface area contributed by atoms with Crippen molar-refractivity contribution in [2.24, 2.45) is 0 Å². The zero-order valence-electron chi connectivity index (χ0n) is 42.7. The van der Waals surface area contributed by atoms with Gasteiger partial charge in [0.05, 0.1) is 22.1 Å². The Morgan fingerprint density at radius 1 is 0.377 bits per heavy atom. The second-order valence-electron chi connectivity index (χ2n) is 22.5. The number of hydrogen-bond donors (Lipinski definition) is 2. The van der Waals surface area contributed by atoms with Gasteiger partial charge in [-0.3, -0.25) is 0 Å². The van der Waals surface area contributed by atoms with Crippen LogP contribution >= 0.6 is 15.9 Å². The third-order valence-electron chi connectivity index (χ3n) is 13.0. The quantitative estimate of drug-likeness (QED) is 0.173. The van der Waals surface area contributed by atoms with Crippen molar-refractivity contribution in [2.45, 2.75) is 105 Å². The molecule has 0 bridgehead atoms. The SMILES string of the molecule is CC(C)(C)c1cc(-n2c3ccccc3c3c(Br)cccc32)cc(C(C)(C)C)c1.CC(C)(C)c1cc(-n2c3ccccc3c3c(Nc4ccccc4)cccc32)cc(C(C)(C)C)c1.Nc1ccccc1. The number of benzene rings is 8. The molecule has 5 heteroatoms. The number of nitrogen functional groups attached to an aromatic ring is 1. The van der Waals surface area contributed by atoms with Crippen molar-refractivity contribution < 1.29 is 0 Å². The Morgan fingerprint density at radius 2 is 0.739 bits per heavy atom. The summed E-state index contributed by atoms with van der Waals surface area (Å²) in [5.41, 5.74) is 21.6. The minimum absolute atomic E-state index is 0.0643. The summed E-state index contributed by atoms with van der Waals surface area (Å²) in [5.74, 6) is 0. The van der Waals surface area contributed by atoms with E-state index < -0.39 is 0 Å². The average molecular weight is 974 g/mol. The molecule has 0 saturated carbocycles. The van der Waals surface area contributed by atoms with Crippen molar-refractivity contribution in [3.05, 3.63) is 209 Å². The van der Waals surface area contributed by atoms with Gasteiger partial charge in [0.15, 0.2) is 0 Å². The minimum atomic E-state index is 0.0643. The molecule has 0 aliphatic heterocycles. The van der Waals surface area contributed by atoms with Gasteiger partial charge in [0.25, 0.3) is 0 Å². The lowest BCUT2D eigenvalue weighted by atomic mass is 9.80. The first kappa shape index (κ1) is 48.9. The van der Waals surface area contributed by atoms with E-state index in [-0.39, 0.29) is 21.7 Å². The van der Waals surface area contributed by atoms with Gasteiger partial charge in [-0.15, -0.1) is 0 Å². The number of rotatable bonds is 4. The van der Waals surface area contributed by atoms with Crippen LogP contribution < -0.4 is 11.1 Å². The van der Waals surface area contributed by atoms with Crippen molar-refractivity contribution in [1.29, 1.82) is 0 Å². The first-order valence-electron chi connectivity index (χ1n) is 24.2. The van der Waals surface area contributed by atoms with Crippen LogP contribution in [0.3, 0.4) is 0 Å². The standard InChI is InChI=1S/C32H34N2.C26H28BrN.C6H7N/c1-31(2,3)22-19-23(32(4,5)6)21-25(20-22)34-28-17-11-10-15-26(28)30-27(16-12-18-29(30)34)33-24-13-8-7-9-14-24;1-25(2,3)17-14-18(26(4,5)6)16-19(15-17)28-22-12-8-7-10-20(22)24-21(27)11-9-13-23(24)28;7-6-4-2-1-3-5-6/h7-21,33H,1-6H3;7-16H,1-6H3;1-5H,7H2. The molecule has 0 amide bonds. The lowest BCUT2D eigenvalue weighted by Gasteiger charge is -2.26. The predicted molar refractivity (Wildman–Crippen MR) is 305 cm³/mol. The Bertz CT molecular complexity index is 3340. The van der Waals surface area contributed by atoms with E-state index in [0.717, 1.165) is 21.5 Å². The van der Waals surface area contributed by atoms with Gasteiger partial charge in [-0.05, 0) is 129 Å². The summed E-state index contributed by atoms with van der Waals surface area (Å²) < 4.78 is 5.99. The van der Waals surface area contributed by atoms with E-state index in [4.69, 9.17) is 5.73 Å². The molecule has 0 atom stereocenters. The van der Waals surface area contributed by atoms with Crippen LogP contribution in [-0.2, 0) is 21.7 Å². The van der Waals surface area contributed by atoms with Crippen molar-refractivity contribution in [3.63, 3.8) is 0 Å². The molecule has 0 fully saturated rings. The van der Waals surface area contributed by atoms with Crippen LogP contribution in [0.4, 0.5) is 17.1 Å². The summed E-state index contributed by atoms with van der Waals surface area (Å²) in [6, 6.07) is 64.6. The number of aromatic nitrogens is 2. The molecule has 2 heterocycles. The van der Waals surface area contributed by atoms with Gasteiger partial charge in [-0.2, -0.15) is 0 Å². The number of nitrogens with two attached hydrogens (primary N) is 1. The summed E-state index contributed by atoms with van der Waals surface area (Å²) in [6.45, 7) is 27.5. The molecule has 8 aromatic carbocycles. The second kappa shape index (κ2) is 19.1. The fraction of sp³-hybridized carbons (Fsp3) is 0.250. The van der Waals surface area contributed by atoms with E-state index in [1.807, 2.05) is 36.4 Å². The summed E-state index contributed by atoms with van der Waals surface area (Å²) in [7, 11) is 0. The molecule has 0 radical (unpaired) electrons. The Kier molecular flexibility index (Phi) is 13.5. The fourth-order valence-corrected chi connectivity index (χ4v) is 9.57. The number of nitrogens with one attached hydrogen (secondary N) is 1. The van der Waals surface area contributed by atoms with Crippen molar-refractivity contribution in [3.8, 4) is 11.4 Å². The number of hydrogen-bond acceptors (Lipinski definition) is 2. The predicted octanol–water partition coefficient (Wildman–Crippen LogP) is 18.5. The van der Waals surface area contributed by atoms with Gasteiger partial charge >= 0.3 is 0 Å². The van der Waals surface area contributed by atoms with E-state index >= 15 is 0 Å². The van der Waals surface area contributed by atoms with Gasteiger partial charge in [0.2, 0.25) is 0 Å². The zero-order chi connectivity index (χ0) is 49.5. The molecule has 0 spiro atoms. The largest absolute Gasteiger partial charge is 0.399 e. The molecule has 0 aliphatic carbocycles. The fourth-order valence-electron chi connectivity index (χ4n) is 9.00. The maximum absolute atomic E-state index is 5.36. The lowest BCUT2D eigenvalue weighted by molar-refractivity contribution is 0.567. The van der Waals surface area contributed by atoms with Gasteiger partial charge in [0, 0.05) is 54.5 Å². The first-order valence-corrected chi connectivity index (χ1v) is 25.0. The molecule has 4 nitrogen and oxygen atoms in total. The molecule has 352 valence electrons. The van der Waals surface area contributed by atoms with Gasteiger partial charge in [-0.25, -0.2) is 0 Å². The van der Waals surface area contributed by atoms with Crippen molar-refractivity contribution >= 4 is 76.6 Å². The normalized spacial score (nSPS) is 12.2. The Hall–Kier alpha value is -6.56. The third-order valence-corrected chi connectivity index (χ3v) is 13.7. The topological polar surface area (TPSA) is 47.9 Å². The van der Waals surface area contributed by atoms with Gasteiger partial charge in [-0.1, -0.05) is 196 Å². The highest BCUT2D eigenvalue weighted by molar-refractivity contribution is 9.10. The number of fused-ring (bicyclic) bond motifs is 6. The molecule has 10 rings (SSSR count). The Balaban J connectivity index is 0.000000165. The molecule has 3 N–H and O–H groups in total. The molecule has 10 aromatic rings. The lowest BCUT2D eigenvalue weighted by Crippen LogP contribution is -2.17. The van der Waals surface area contributed by atoms with Crippen LogP contribution in [-0.4, -0.2) is 9.13 Å². The maximum Gasteiger partial charge on any atom is 0.0562 e. The number of nitrogens with zero attached hydrogens (tertiary/aromatic N) is 2. The van der Waals surface area contributed by atoms with E-state index in [9.17, 15) is 0 Å². The minimum Gasteiger partial charge on any atom is -0.399 e. The number of anilines is 3. The van der Waals surface area contributed by atoms with Crippen molar-refractivity contribution in [1.82, 2.24) is 9.13 Å². The maximum atomic E-state index is 5.36. The molecular formula is C64H69BrN4. The van der Waals surface area contributed by atoms with Gasteiger partial charge < -0.3 is 20.2 Å². The number of para-hydroxylation sites is 4. The highest BCUT2D eigenvalue weighted by atomic mass is 79.9. The highest BCUT2D eigenvalue weighted by Gasteiger charge is 2.25. The molecule has 0 aliphatic rings. The monoisotopic (exact) mass is 972 g/mol. The zero-order valence-corrected chi connectivity index (χ0v) is 44.3. The summed E-state index contributed by atoms with van der Waals surface area (Å²) in [6.07, 6.45) is 0. The summed E-state index contributed by atoms with van der Waals surface area (Å²) >= 11 is 3.78. The highest BCUT2D eigenvalue weighted by Crippen LogP contribution is 2.41. The van der Waals surface area contributed by atoms with Gasteiger partial charge in [0.1, 0.15) is 0 Å². The Morgan fingerprint density at radius 3 is 1.16 bits per heavy atom. The van der Waals surface area contributed by atoms with Crippen LogP contribution in [0.25, 0.3) is 55.0 Å².